The largest absolute Gasteiger partial charge is 0.325 e. The van der Waals surface area contributed by atoms with Crippen molar-refractivity contribution >= 4 is 9.84 Å². The van der Waals surface area contributed by atoms with Crippen LogP contribution in [0.3, 0.4) is 0 Å². The zero-order valence-corrected chi connectivity index (χ0v) is 11.7. The van der Waals surface area contributed by atoms with Crippen molar-refractivity contribution in [3.63, 3.8) is 0 Å². The molecule has 0 amide bonds. The second kappa shape index (κ2) is 5.02. The van der Waals surface area contributed by atoms with Crippen molar-refractivity contribution < 1.29 is 8.42 Å². The van der Waals surface area contributed by atoms with Gasteiger partial charge in [-0.1, -0.05) is 24.3 Å². The molecule has 0 aromatic heterocycles. The van der Waals surface area contributed by atoms with Crippen LogP contribution in [0.15, 0.2) is 24.3 Å². The molecule has 1 aliphatic carbocycles. The monoisotopic (exact) mass is 267 g/mol. The second-order valence-corrected chi connectivity index (χ2v) is 7.80. The molecule has 2 N–H and O–H groups in total. The van der Waals surface area contributed by atoms with Crippen LogP contribution in [0.1, 0.15) is 30.4 Å². The van der Waals surface area contributed by atoms with Gasteiger partial charge in [-0.05, 0) is 43.2 Å². The Labute approximate surface area is 109 Å². The van der Waals surface area contributed by atoms with Crippen molar-refractivity contribution in [2.45, 2.75) is 37.6 Å². The Morgan fingerprint density at radius 2 is 1.94 bits per heavy atom. The van der Waals surface area contributed by atoms with Crippen molar-refractivity contribution in [1.82, 2.24) is 0 Å². The molecule has 1 aromatic rings. The summed E-state index contributed by atoms with van der Waals surface area (Å²) in [6.07, 6.45) is 5.56. The zero-order valence-electron chi connectivity index (χ0n) is 10.9. The molecular weight excluding hydrogens is 246 g/mol. The van der Waals surface area contributed by atoms with E-state index in [1.807, 2.05) is 6.07 Å². The Bertz CT molecular complexity index is 524. The van der Waals surface area contributed by atoms with Gasteiger partial charge < -0.3 is 5.73 Å². The topological polar surface area (TPSA) is 60.2 Å². The van der Waals surface area contributed by atoms with Gasteiger partial charge in [0.15, 0.2) is 0 Å². The maximum absolute atomic E-state index is 11.1. The number of benzene rings is 1. The summed E-state index contributed by atoms with van der Waals surface area (Å²) in [7, 11) is -2.87. The molecule has 1 unspecified atom stereocenters. The molecule has 0 radical (unpaired) electrons. The molecule has 0 heterocycles. The van der Waals surface area contributed by atoms with E-state index in [1.165, 1.54) is 17.4 Å². The lowest BCUT2D eigenvalue weighted by Crippen LogP contribution is -2.45. The third-order valence-corrected chi connectivity index (χ3v) is 4.77. The van der Waals surface area contributed by atoms with Crippen LogP contribution in [0.25, 0.3) is 0 Å². The van der Waals surface area contributed by atoms with Gasteiger partial charge in [0, 0.05) is 17.5 Å². The number of sulfone groups is 1. The number of fused-ring (bicyclic) bond motifs is 1. The van der Waals surface area contributed by atoms with E-state index in [9.17, 15) is 8.42 Å². The van der Waals surface area contributed by atoms with E-state index < -0.39 is 9.84 Å². The highest BCUT2D eigenvalue weighted by atomic mass is 32.2. The molecule has 2 rings (SSSR count). The minimum absolute atomic E-state index is 0.223. The molecule has 3 nitrogen and oxygen atoms in total. The number of hydrogen-bond acceptors (Lipinski definition) is 3. The van der Waals surface area contributed by atoms with Crippen LogP contribution in [0.4, 0.5) is 0 Å². The van der Waals surface area contributed by atoms with Crippen LogP contribution in [0.2, 0.25) is 0 Å². The van der Waals surface area contributed by atoms with Crippen molar-refractivity contribution in [3.05, 3.63) is 35.4 Å². The first-order chi connectivity index (χ1) is 8.38. The fraction of sp³-hybridized carbons (Fsp3) is 0.571. The van der Waals surface area contributed by atoms with E-state index >= 15 is 0 Å². The lowest BCUT2D eigenvalue weighted by molar-refractivity contribution is 0.343. The minimum atomic E-state index is -2.87. The molecule has 1 aliphatic rings. The van der Waals surface area contributed by atoms with Gasteiger partial charge in [0.05, 0.1) is 0 Å². The van der Waals surface area contributed by atoms with Crippen LogP contribution in [0.5, 0.6) is 0 Å². The molecule has 0 bridgehead atoms. The first-order valence-electron chi connectivity index (χ1n) is 6.41. The van der Waals surface area contributed by atoms with Gasteiger partial charge in [-0.25, -0.2) is 8.42 Å². The quantitative estimate of drug-likeness (QED) is 0.903. The molecule has 18 heavy (non-hydrogen) atoms. The first-order valence-corrected chi connectivity index (χ1v) is 8.47. The summed E-state index contributed by atoms with van der Waals surface area (Å²) in [5.74, 6) is 0.244. The van der Waals surface area contributed by atoms with E-state index in [0.717, 1.165) is 25.7 Å². The van der Waals surface area contributed by atoms with Gasteiger partial charge >= 0.3 is 0 Å². The van der Waals surface area contributed by atoms with E-state index in [2.05, 4.69) is 18.2 Å². The van der Waals surface area contributed by atoms with E-state index in [4.69, 9.17) is 5.73 Å². The Balaban J connectivity index is 1.98. The maximum atomic E-state index is 11.1. The van der Waals surface area contributed by atoms with Crippen molar-refractivity contribution in [2.24, 2.45) is 5.73 Å². The Kier molecular flexibility index (Phi) is 3.78. The van der Waals surface area contributed by atoms with Gasteiger partial charge in [-0.15, -0.1) is 0 Å². The molecule has 0 spiro atoms. The molecular formula is C14H21NO2S. The number of nitrogens with two attached hydrogens (primary N) is 1. The zero-order chi connectivity index (χ0) is 13.2. The van der Waals surface area contributed by atoms with Crippen LogP contribution in [0, 0.1) is 0 Å². The van der Waals surface area contributed by atoms with Gasteiger partial charge in [0.2, 0.25) is 0 Å². The summed E-state index contributed by atoms with van der Waals surface area (Å²) in [5.41, 5.74) is 8.90. The molecule has 0 saturated carbocycles. The molecule has 100 valence electrons. The van der Waals surface area contributed by atoms with Crippen LogP contribution in [-0.4, -0.2) is 26.0 Å². The van der Waals surface area contributed by atoms with Crippen LogP contribution >= 0.6 is 0 Å². The molecule has 1 atom stereocenters. The smallest absolute Gasteiger partial charge is 0.147 e. The van der Waals surface area contributed by atoms with Gasteiger partial charge in [0.25, 0.3) is 0 Å². The highest BCUT2D eigenvalue weighted by Crippen LogP contribution is 2.30. The summed E-state index contributed by atoms with van der Waals surface area (Å²) in [5, 5.41) is 0. The summed E-state index contributed by atoms with van der Waals surface area (Å²) < 4.78 is 22.3. The van der Waals surface area contributed by atoms with Crippen molar-refractivity contribution in [1.29, 1.82) is 0 Å². The highest BCUT2D eigenvalue weighted by Gasteiger charge is 2.29. The summed E-state index contributed by atoms with van der Waals surface area (Å²) >= 11 is 0. The van der Waals surface area contributed by atoms with Crippen molar-refractivity contribution in [2.75, 3.05) is 12.0 Å². The van der Waals surface area contributed by atoms with E-state index in [0.29, 0.717) is 6.42 Å². The molecule has 0 aliphatic heterocycles. The lowest BCUT2D eigenvalue weighted by atomic mass is 9.76. The van der Waals surface area contributed by atoms with E-state index in [1.54, 1.807) is 0 Å². The summed E-state index contributed by atoms with van der Waals surface area (Å²) in [6, 6.07) is 8.39. The minimum Gasteiger partial charge on any atom is -0.325 e. The van der Waals surface area contributed by atoms with Gasteiger partial charge in [-0.2, -0.15) is 0 Å². The molecule has 0 saturated heterocycles. The summed E-state index contributed by atoms with van der Waals surface area (Å²) in [6.45, 7) is 0. The predicted molar refractivity (Wildman–Crippen MR) is 74.3 cm³/mol. The van der Waals surface area contributed by atoms with Crippen molar-refractivity contribution in [3.8, 4) is 0 Å². The first kappa shape index (κ1) is 13.6. The average Bonchev–Trinajstić information content (AvgIpc) is 2.27. The number of hydrogen-bond donors (Lipinski definition) is 1. The third-order valence-electron chi connectivity index (χ3n) is 3.74. The average molecular weight is 267 g/mol. The Morgan fingerprint density at radius 3 is 2.61 bits per heavy atom. The molecule has 1 aromatic carbocycles. The number of aryl methyl sites for hydroxylation is 1. The number of rotatable bonds is 4. The second-order valence-electron chi connectivity index (χ2n) is 5.54. The molecule has 4 heteroatoms. The van der Waals surface area contributed by atoms with Crippen LogP contribution < -0.4 is 5.73 Å². The maximum Gasteiger partial charge on any atom is 0.147 e. The highest BCUT2D eigenvalue weighted by molar-refractivity contribution is 7.90. The summed E-state index contributed by atoms with van der Waals surface area (Å²) in [4.78, 5) is 0. The SMILES string of the molecule is CS(=O)(=O)CCCC1(N)CCc2ccccc2C1. The normalized spacial score (nSPS) is 23.7. The van der Waals surface area contributed by atoms with Gasteiger partial charge in [-0.3, -0.25) is 0 Å². The van der Waals surface area contributed by atoms with Crippen LogP contribution in [-0.2, 0) is 22.7 Å². The lowest BCUT2D eigenvalue weighted by Gasteiger charge is -2.35. The Hall–Kier alpha value is -0.870. The fourth-order valence-corrected chi connectivity index (χ4v) is 3.39. The fourth-order valence-electron chi connectivity index (χ4n) is 2.72. The standard InChI is InChI=1S/C14H21NO2S/c1-18(16,17)10-4-8-14(15)9-7-12-5-2-3-6-13(12)11-14/h2-3,5-6H,4,7-11,15H2,1H3. The Morgan fingerprint density at radius 1 is 1.28 bits per heavy atom. The third kappa shape index (κ3) is 3.56. The molecule has 0 fully saturated rings. The van der Waals surface area contributed by atoms with E-state index in [-0.39, 0.29) is 11.3 Å². The predicted octanol–water partition coefficient (Wildman–Crippen LogP) is 1.70. The van der Waals surface area contributed by atoms with Gasteiger partial charge in [0.1, 0.15) is 9.84 Å².